The molecule has 126 valence electrons. The summed E-state index contributed by atoms with van der Waals surface area (Å²) in [6.07, 6.45) is 1.10. The molecule has 5 heteroatoms. The lowest BCUT2D eigenvalue weighted by molar-refractivity contribution is -0.116. The highest BCUT2D eigenvalue weighted by Gasteiger charge is 2.15. The third-order valence-corrected chi connectivity index (χ3v) is 4.29. The standard InChI is InChI=1S/C19H21ClN2O2/c20-16-5-3-4-15(14-16)8-9-19(23)21-17-6-1-2-7-18(17)22-10-12-24-13-11-22/h1-7,14H,8-13H2,(H,21,23). The Hall–Kier alpha value is -2.04. The number of nitrogens with zero attached hydrogens (tertiary/aromatic N) is 1. The van der Waals surface area contributed by atoms with Gasteiger partial charge in [0, 0.05) is 24.5 Å². The second kappa shape index (κ2) is 8.18. The van der Waals surface area contributed by atoms with Gasteiger partial charge in [0.05, 0.1) is 24.6 Å². The van der Waals surface area contributed by atoms with Gasteiger partial charge >= 0.3 is 0 Å². The van der Waals surface area contributed by atoms with Crippen LogP contribution >= 0.6 is 11.6 Å². The van der Waals surface area contributed by atoms with Crippen molar-refractivity contribution in [1.29, 1.82) is 0 Å². The summed E-state index contributed by atoms with van der Waals surface area (Å²) >= 11 is 5.98. The number of rotatable bonds is 5. The number of anilines is 2. The topological polar surface area (TPSA) is 41.6 Å². The van der Waals surface area contributed by atoms with Crippen molar-refractivity contribution in [2.24, 2.45) is 0 Å². The molecular weight excluding hydrogens is 324 g/mol. The van der Waals surface area contributed by atoms with Crippen LogP contribution in [0.25, 0.3) is 0 Å². The quantitative estimate of drug-likeness (QED) is 0.898. The molecule has 4 nitrogen and oxygen atoms in total. The first-order valence-electron chi connectivity index (χ1n) is 8.18. The zero-order valence-corrected chi connectivity index (χ0v) is 14.3. The van der Waals surface area contributed by atoms with Gasteiger partial charge in [0.25, 0.3) is 0 Å². The zero-order chi connectivity index (χ0) is 16.8. The Balaban J connectivity index is 1.62. The molecule has 1 fully saturated rings. The highest BCUT2D eigenvalue weighted by atomic mass is 35.5. The number of hydrogen-bond acceptors (Lipinski definition) is 3. The Morgan fingerprint density at radius 1 is 1.12 bits per heavy atom. The summed E-state index contributed by atoms with van der Waals surface area (Å²) in [4.78, 5) is 14.6. The van der Waals surface area contributed by atoms with Crippen LogP contribution in [0.4, 0.5) is 11.4 Å². The number of carbonyl (C=O) groups is 1. The first-order valence-corrected chi connectivity index (χ1v) is 8.56. The van der Waals surface area contributed by atoms with Gasteiger partial charge in [-0.3, -0.25) is 4.79 Å². The van der Waals surface area contributed by atoms with E-state index in [0.29, 0.717) is 17.9 Å². The molecule has 0 saturated carbocycles. The molecule has 1 aliphatic heterocycles. The van der Waals surface area contributed by atoms with Gasteiger partial charge < -0.3 is 15.0 Å². The molecule has 1 N–H and O–H groups in total. The Kier molecular flexibility index (Phi) is 5.72. The molecule has 0 bridgehead atoms. The molecule has 0 atom stereocenters. The second-order valence-corrected chi connectivity index (χ2v) is 6.23. The van der Waals surface area contributed by atoms with E-state index in [1.807, 2.05) is 48.5 Å². The van der Waals surface area contributed by atoms with Crippen LogP contribution in [0.3, 0.4) is 0 Å². The average molecular weight is 345 g/mol. The number of benzene rings is 2. The Morgan fingerprint density at radius 3 is 2.71 bits per heavy atom. The molecule has 0 radical (unpaired) electrons. The Labute approximate surface area is 147 Å². The summed E-state index contributed by atoms with van der Waals surface area (Å²) in [5, 5.41) is 3.74. The minimum atomic E-state index is 0.00989. The van der Waals surface area contributed by atoms with E-state index in [2.05, 4.69) is 10.2 Å². The van der Waals surface area contributed by atoms with E-state index in [4.69, 9.17) is 16.3 Å². The van der Waals surface area contributed by atoms with E-state index in [0.717, 1.165) is 43.2 Å². The van der Waals surface area contributed by atoms with Crippen molar-refractivity contribution in [1.82, 2.24) is 0 Å². The minimum Gasteiger partial charge on any atom is -0.378 e. The van der Waals surface area contributed by atoms with Crippen molar-refractivity contribution in [2.75, 3.05) is 36.5 Å². The fourth-order valence-electron chi connectivity index (χ4n) is 2.82. The highest BCUT2D eigenvalue weighted by molar-refractivity contribution is 6.30. The van der Waals surface area contributed by atoms with Crippen molar-refractivity contribution in [2.45, 2.75) is 12.8 Å². The number of amides is 1. The summed E-state index contributed by atoms with van der Waals surface area (Å²) in [5.74, 6) is 0.00989. The lowest BCUT2D eigenvalue weighted by atomic mass is 10.1. The van der Waals surface area contributed by atoms with E-state index in [1.165, 1.54) is 0 Å². The van der Waals surface area contributed by atoms with Gasteiger partial charge in [-0.05, 0) is 36.2 Å². The predicted octanol–water partition coefficient (Wildman–Crippen LogP) is 3.75. The summed E-state index contributed by atoms with van der Waals surface area (Å²) in [7, 11) is 0. The fraction of sp³-hybridized carbons (Fsp3) is 0.316. The number of para-hydroxylation sites is 2. The molecule has 2 aromatic rings. The van der Waals surface area contributed by atoms with E-state index in [9.17, 15) is 4.79 Å². The number of carbonyl (C=O) groups excluding carboxylic acids is 1. The number of ether oxygens (including phenoxy) is 1. The summed E-state index contributed by atoms with van der Waals surface area (Å²) in [5.41, 5.74) is 2.98. The van der Waals surface area contributed by atoms with Gasteiger partial charge in [0.2, 0.25) is 5.91 Å². The lowest BCUT2D eigenvalue weighted by Crippen LogP contribution is -2.36. The summed E-state index contributed by atoms with van der Waals surface area (Å²) in [6.45, 7) is 3.12. The first-order chi connectivity index (χ1) is 11.7. The molecule has 2 aromatic carbocycles. The van der Waals surface area contributed by atoms with Crippen LogP contribution < -0.4 is 10.2 Å². The van der Waals surface area contributed by atoms with Crippen LogP contribution in [0, 0.1) is 0 Å². The molecule has 3 rings (SSSR count). The lowest BCUT2D eigenvalue weighted by Gasteiger charge is -2.30. The van der Waals surface area contributed by atoms with Gasteiger partial charge in [0.15, 0.2) is 0 Å². The SMILES string of the molecule is O=C(CCc1cccc(Cl)c1)Nc1ccccc1N1CCOCC1. The van der Waals surface area contributed by atoms with Crippen molar-refractivity contribution < 1.29 is 9.53 Å². The number of hydrogen-bond donors (Lipinski definition) is 1. The van der Waals surface area contributed by atoms with Crippen molar-refractivity contribution in [3.05, 3.63) is 59.1 Å². The average Bonchev–Trinajstić information content (AvgIpc) is 2.61. The van der Waals surface area contributed by atoms with Gasteiger partial charge in [0.1, 0.15) is 0 Å². The molecule has 0 aromatic heterocycles. The monoisotopic (exact) mass is 344 g/mol. The number of halogens is 1. The molecule has 1 aliphatic rings. The zero-order valence-electron chi connectivity index (χ0n) is 13.5. The number of aryl methyl sites for hydroxylation is 1. The van der Waals surface area contributed by atoms with Crippen LogP contribution in [0.15, 0.2) is 48.5 Å². The van der Waals surface area contributed by atoms with Crippen LogP contribution in [-0.4, -0.2) is 32.2 Å². The van der Waals surface area contributed by atoms with E-state index in [1.54, 1.807) is 0 Å². The van der Waals surface area contributed by atoms with Gasteiger partial charge in [-0.1, -0.05) is 35.9 Å². The van der Waals surface area contributed by atoms with E-state index < -0.39 is 0 Å². The summed E-state index contributed by atoms with van der Waals surface area (Å²) < 4.78 is 5.40. The molecule has 1 saturated heterocycles. The third-order valence-electron chi connectivity index (χ3n) is 4.06. The maximum atomic E-state index is 12.3. The van der Waals surface area contributed by atoms with Gasteiger partial charge in [-0.2, -0.15) is 0 Å². The highest BCUT2D eigenvalue weighted by Crippen LogP contribution is 2.26. The second-order valence-electron chi connectivity index (χ2n) is 5.79. The molecule has 0 unspecified atom stereocenters. The number of morpholine rings is 1. The van der Waals surface area contributed by atoms with Crippen molar-refractivity contribution in [3.63, 3.8) is 0 Å². The van der Waals surface area contributed by atoms with Gasteiger partial charge in [-0.25, -0.2) is 0 Å². The minimum absolute atomic E-state index is 0.00989. The van der Waals surface area contributed by atoms with E-state index in [-0.39, 0.29) is 5.91 Å². The molecule has 1 heterocycles. The smallest absolute Gasteiger partial charge is 0.224 e. The van der Waals surface area contributed by atoms with E-state index >= 15 is 0 Å². The molecular formula is C19H21ClN2O2. The predicted molar refractivity (Wildman–Crippen MR) is 97.9 cm³/mol. The van der Waals surface area contributed by atoms with Crippen LogP contribution in [0.2, 0.25) is 5.02 Å². The summed E-state index contributed by atoms with van der Waals surface area (Å²) in [6, 6.07) is 15.5. The normalized spacial score (nSPS) is 14.5. The Morgan fingerprint density at radius 2 is 1.92 bits per heavy atom. The van der Waals surface area contributed by atoms with Crippen LogP contribution in [0.1, 0.15) is 12.0 Å². The third kappa shape index (κ3) is 4.49. The molecule has 1 amide bonds. The molecule has 0 spiro atoms. The largest absolute Gasteiger partial charge is 0.378 e. The van der Waals surface area contributed by atoms with Gasteiger partial charge in [-0.15, -0.1) is 0 Å². The van der Waals surface area contributed by atoms with Crippen LogP contribution in [0.5, 0.6) is 0 Å². The first kappa shape index (κ1) is 16.8. The Bertz CT molecular complexity index is 699. The van der Waals surface area contributed by atoms with Crippen LogP contribution in [-0.2, 0) is 16.0 Å². The molecule has 0 aliphatic carbocycles. The molecule has 24 heavy (non-hydrogen) atoms. The van der Waals surface area contributed by atoms with Crippen molar-refractivity contribution >= 4 is 28.9 Å². The fourth-order valence-corrected chi connectivity index (χ4v) is 3.04. The maximum absolute atomic E-state index is 12.3. The number of nitrogens with one attached hydrogen (secondary N) is 1. The maximum Gasteiger partial charge on any atom is 0.224 e. The van der Waals surface area contributed by atoms with Crippen molar-refractivity contribution in [3.8, 4) is 0 Å².